The molecule has 0 unspecified atom stereocenters. The van der Waals surface area contributed by atoms with Gasteiger partial charge in [-0.3, -0.25) is 9.36 Å². The molecule has 0 amide bonds. The van der Waals surface area contributed by atoms with Crippen LogP contribution in [0.5, 0.6) is 11.5 Å². The van der Waals surface area contributed by atoms with E-state index in [0.717, 1.165) is 41.5 Å². The largest absolute Gasteiger partial charge is 0.489 e. The molecule has 0 spiro atoms. The molecule has 1 aliphatic heterocycles. The molecule has 0 saturated carbocycles. The van der Waals surface area contributed by atoms with Crippen molar-refractivity contribution < 1.29 is 9.47 Å². The molecule has 1 aromatic carbocycles. The molecule has 7 heteroatoms. The van der Waals surface area contributed by atoms with E-state index in [-0.39, 0.29) is 5.56 Å². The Morgan fingerprint density at radius 2 is 2.08 bits per heavy atom. The fraction of sp³-hybridized carbons (Fsp3) is 0.368. The maximum atomic E-state index is 13.0. The van der Waals surface area contributed by atoms with Crippen LogP contribution in [-0.4, -0.2) is 22.8 Å². The molecule has 0 N–H and O–H groups in total. The zero-order valence-electron chi connectivity index (χ0n) is 14.1. The van der Waals surface area contributed by atoms with Crippen molar-refractivity contribution in [2.24, 2.45) is 0 Å². The first kappa shape index (κ1) is 16.1. The summed E-state index contributed by atoms with van der Waals surface area (Å²) in [5.41, 5.74) is 2.13. The smallest absolute Gasteiger partial charge is 0.262 e. The molecule has 0 fully saturated rings. The summed E-state index contributed by atoms with van der Waals surface area (Å²) in [6, 6.07) is 3.74. The van der Waals surface area contributed by atoms with Crippen molar-refractivity contribution in [2.75, 3.05) is 13.2 Å². The molecule has 5 rings (SSSR count). The van der Waals surface area contributed by atoms with Crippen LogP contribution < -0.4 is 15.0 Å². The summed E-state index contributed by atoms with van der Waals surface area (Å²) in [7, 11) is 0. The minimum absolute atomic E-state index is 0.0256. The number of halogens is 1. The Morgan fingerprint density at radius 3 is 3.00 bits per heavy atom. The van der Waals surface area contributed by atoms with Gasteiger partial charge in [-0.25, -0.2) is 4.98 Å². The van der Waals surface area contributed by atoms with Gasteiger partial charge < -0.3 is 9.47 Å². The number of fused-ring (bicyclic) bond motifs is 4. The molecule has 0 radical (unpaired) electrons. The summed E-state index contributed by atoms with van der Waals surface area (Å²) >= 11 is 8.03. The van der Waals surface area contributed by atoms with Crippen LogP contribution in [0.3, 0.4) is 0 Å². The highest BCUT2D eigenvalue weighted by Crippen LogP contribution is 2.38. The second kappa shape index (κ2) is 6.28. The third-order valence-electron chi connectivity index (χ3n) is 4.91. The molecule has 5 nitrogen and oxygen atoms in total. The highest BCUT2D eigenvalue weighted by molar-refractivity contribution is 7.18. The lowest BCUT2D eigenvalue weighted by molar-refractivity contribution is 0.297. The van der Waals surface area contributed by atoms with Gasteiger partial charge in [0.05, 0.1) is 36.5 Å². The molecule has 3 heterocycles. The molecule has 1 aliphatic carbocycles. The molecular weight excluding hydrogens is 372 g/mol. The summed E-state index contributed by atoms with van der Waals surface area (Å²) < 4.78 is 13.1. The van der Waals surface area contributed by atoms with E-state index >= 15 is 0 Å². The molecule has 134 valence electrons. The minimum Gasteiger partial charge on any atom is -0.489 e. The summed E-state index contributed by atoms with van der Waals surface area (Å²) in [4.78, 5) is 19.7. The Morgan fingerprint density at radius 1 is 1.19 bits per heavy atom. The molecule has 0 atom stereocenters. The summed E-state index contributed by atoms with van der Waals surface area (Å²) in [6.45, 7) is 1.60. The second-order valence-electron chi connectivity index (χ2n) is 6.67. The van der Waals surface area contributed by atoms with E-state index < -0.39 is 0 Å². The van der Waals surface area contributed by atoms with E-state index in [0.29, 0.717) is 36.3 Å². The summed E-state index contributed by atoms with van der Waals surface area (Å²) in [5.74, 6) is 1.23. The molecule has 26 heavy (non-hydrogen) atoms. The van der Waals surface area contributed by atoms with Gasteiger partial charge in [0.1, 0.15) is 4.83 Å². The fourth-order valence-corrected chi connectivity index (χ4v) is 5.21. The maximum Gasteiger partial charge on any atom is 0.262 e. The third kappa shape index (κ3) is 2.59. The number of aryl methyl sites for hydroxylation is 2. The van der Waals surface area contributed by atoms with Crippen LogP contribution >= 0.6 is 22.9 Å². The number of benzene rings is 1. The number of aromatic nitrogens is 2. The lowest BCUT2D eigenvalue weighted by atomic mass is 10.2. The Hall–Kier alpha value is -2.05. The number of nitrogens with zero attached hydrogens (tertiary/aromatic N) is 2. The monoisotopic (exact) mass is 388 g/mol. The third-order valence-corrected chi connectivity index (χ3v) is 6.39. The van der Waals surface area contributed by atoms with E-state index in [1.165, 1.54) is 10.4 Å². The van der Waals surface area contributed by atoms with E-state index in [4.69, 9.17) is 21.1 Å². The Bertz CT molecular complexity index is 1070. The standard InChI is InChI=1S/C19H17ClN2O3S/c20-13-7-11(8-14-17(13)25-6-2-5-24-14)9-22-10-21-18-16(19(22)23)12-3-1-4-15(12)26-18/h7-8,10H,1-6,9H2. The highest BCUT2D eigenvalue weighted by atomic mass is 35.5. The van der Waals surface area contributed by atoms with Crippen molar-refractivity contribution >= 4 is 33.2 Å². The van der Waals surface area contributed by atoms with Crippen LogP contribution in [0, 0.1) is 0 Å². The van der Waals surface area contributed by atoms with Gasteiger partial charge in [-0.2, -0.15) is 0 Å². The van der Waals surface area contributed by atoms with E-state index in [2.05, 4.69) is 4.98 Å². The first-order valence-electron chi connectivity index (χ1n) is 8.78. The minimum atomic E-state index is 0.0256. The molecule has 3 aromatic rings. The molecule has 2 aliphatic rings. The predicted molar refractivity (Wildman–Crippen MR) is 102 cm³/mol. The van der Waals surface area contributed by atoms with Crippen LogP contribution in [0.15, 0.2) is 23.3 Å². The van der Waals surface area contributed by atoms with E-state index in [1.54, 1.807) is 22.2 Å². The van der Waals surface area contributed by atoms with Crippen molar-refractivity contribution in [3.05, 3.63) is 49.8 Å². The number of hydrogen-bond acceptors (Lipinski definition) is 5. The Kier molecular flexibility index (Phi) is 3.90. The average molecular weight is 389 g/mol. The topological polar surface area (TPSA) is 53.4 Å². The van der Waals surface area contributed by atoms with E-state index in [1.807, 2.05) is 12.1 Å². The first-order valence-corrected chi connectivity index (χ1v) is 9.98. The Balaban J connectivity index is 1.56. The predicted octanol–water partition coefficient (Wildman–Crippen LogP) is 3.81. The lowest BCUT2D eigenvalue weighted by Gasteiger charge is -2.12. The fourth-order valence-electron chi connectivity index (χ4n) is 3.70. The van der Waals surface area contributed by atoms with Crippen LogP contribution in [0.4, 0.5) is 0 Å². The van der Waals surface area contributed by atoms with Crippen LogP contribution in [-0.2, 0) is 19.4 Å². The average Bonchev–Trinajstić information content (AvgIpc) is 3.11. The van der Waals surface area contributed by atoms with Crippen LogP contribution in [0.2, 0.25) is 5.02 Å². The molecular formula is C19H17ClN2O3S. The summed E-state index contributed by atoms with van der Waals surface area (Å²) in [6.07, 6.45) is 5.62. The van der Waals surface area contributed by atoms with Gasteiger partial charge in [-0.15, -0.1) is 11.3 Å². The van der Waals surface area contributed by atoms with Crippen molar-refractivity contribution in [3.8, 4) is 11.5 Å². The van der Waals surface area contributed by atoms with Crippen molar-refractivity contribution in [2.45, 2.75) is 32.2 Å². The van der Waals surface area contributed by atoms with Crippen molar-refractivity contribution in [1.82, 2.24) is 9.55 Å². The van der Waals surface area contributed by atoms with Crippen LogP contribution in [0.1, 0.15) is 28.8 Å². The van der Waals surface area contributed by atoms with E-state index in [9.17, 15) is 4.79 Å². The van der Waals surface area contributed by atoms with Gasteiger partial charge in [0, 0.05) is 11.3 Å². The van der Waals surface area contributed by atoms with Gasteiger partial charge >= 0.3 is 0 Å². The zero-order chi connectivity index (χ0) is 17.7. The SMILES string of the molecule is O=c1c2c3c(sc2ncn1Cc1cc(Cl)c2c(c1)OCCCO2)CCC3. The lowest BCUT2D eigenvalue weighted by Crippen LogP contribution is -2.21. The van der Waals surface area contributed by atoms with Crippen LogP contribution in [0.25, 0.3) is 10.2 Å². The van der Waals surface area contributed by atoms with Gasteiger partial charge in [-0.1, -0.05) is 11.6 Å². The van der Waals surface area contributed by atoms with Gasteiger partial charge in [0.2, 0.25) is 0 Å². The van der Waals surface area contributed by atoms with Crippen molar-refractivity contribution in [3.63, 3.8) is 0 Å². The van der Waals surface area contributed by atoms with Crippen molar-refractivity contribution in [1.29, 1.82) is 0 Å². The molecule has 2 aromatic heterocycles. The second-order valence-corrected chi connectivity index (χ2v) is 8.16. The molecule has 0 bridgehead atoms. The molecule has 0 saturated heterocycles. The first-order chi connectivity index (χ1) is 12.7. The quantitative estimate of drug-likeness (QED) is 0.669. The number of rotatable bonds is 2. The normalized spacial score (nSPS) is 15.9. The number of thiophene rings is 1. The Labute approximate surface area is 159 Å². The van der Waals surface area contributed by atoms with Gasteiger partial charge in [0.15, 0.2) is 11.5 Å². The maximum absolute atomic E-state index is 13.0. The van der Waals surface area contributed by atoms with Gasteiger partial charge in [-0.05, 0) is 42.5 Å². The zero-order valence-corrected chi connectivity index (χ0v) is 15.7. The summed E-state index contributed by atoms with van der Waals surface area (Å²) in [5, 5.41) is 1.31. The van der Waals surface area contributed by atoms with Gasteiger partial charge in [0.25, 0.3) is 5.56 Å². The number of hydrogen-bond donors (Lipinski definition) is 0. The highest BCUT2D eigenvalue weighted by Gasteiger charge is 2.22. The number of ether oxygens (including phenoxy) is 2.